The zero-order chi connectivity index (χ0) is 13.1. The monoisotopic (exact) mass is 252 g/mol. The van der Waals surface area contributed by atoms with Gasteiger partial charge in [-0.3, -0.25) is 0 Å². The summed E-state index contributed by atoms with van der Waals surface area (Å²) in [4.78, 5) is 2.77. The zero-order valence-corrected chi connectivity index (χ0v) is 12.7. The predicted molar refractivity (Wildman–Crippen MR) is 78.9 cm³/mol. The molecule has 2 heteroatoms. The highest BCUT2D eigenvalue weighted by molar-refractivity contribution is 4.98. The highest BCUT2D eigenvalue weighted by Crippen LogP contribution is 2.50. The molecule has 0 amide bonds. The van der Waals surface area contributed by atoms with Gasteiger partial charge in [0.15, 0.2) is 0 Å². The van der Waals surface area contributed by atoms with Gasteiger partial charge in [-0.15, -0.1) is 0 Å². The summed E-state index contributed by atoms with van der Waals surface area (Å²) < 4.78 is 0. The molecule has 1 aliphatic carbocycles. The quantitative estimate of drug-likeness (QED) is 0.779. The van der Waals surface area contributed by atoms with Gasteiger partial charge in [-0.2, -0.15) is 0 Å². The van der Waals surface area contributed by atoms with E-state index >= 15 is 0 Å². The van der Waals surface area contributed by atoms with Crippen LogP contribution in [-0.4, -0.2) is 36.6 Å². The van der Waals surface area contributed by atoms with E-state index in [1.807, 2.05) is 0 Å². The summed E-state index contributed by atoms with van der Waals surface area (Å²) in [6.07, 6.45) is 9.62. The first kappa shape index (κ1) is 14.3. The van der Waals surface area contributed by atoms with Crippen molar-refractivity contribution in [2.24, 2.45) is 5.41 Å². The van der Waals surface area contributed by atoms with Crippen molar-refractivity contribution in [2.75, 3.05) is 26.2 Å². The third kappa shape index (κ3) is 3.27. The summed E-state index contributed by atoms with van der Waals surface area (Å²) in [7, 11) is 0. The number of nitrogens with one attached hydrogen (secondary N) is 1. The Labute approximate surface area is 114 Å². The summed E-state index contributed by atoms with van der Waals surface area (Å²) >= 11 is 0. The lowest BCUT2D eigenvalue weighted by atomic mass is 9.91. The minimum Gasteiger partial charge on any atom is -0.310 e. The highest BCUT2D eigenvalue weighted by atomic mass is 15.2. The topological polar surface area (TPSA) is 15.3 Å². The van der Waals surface area contributed by atoms with Crippen molar-refractivity contribution in [3.63, 3.8) is 0 Å². The molecule has 0 atom stereocenters. The lowest BCUT2D eigenvalue weighted by Gasteiger charge is -2.37. The van der Waals surface area contributed by atoms with Crippen molar-refractivity contribution in [1.82, 2.24) is 10.2 Å². The number of nitrogens with zero attached hydrogens (tertiary/aromatic N) is 1. The van der Waals surface area contributed by atoms with Crippen LogP contribution < -0.4 is 5.32 Å². The van der Waals surface area contributed by atoms with E-state index in [9.17, 15) is 0 Å². The van der Waals surface area contributed by atoms with E-state index in [1.54, 1.807) is 0 Å². The van der Waals surface area contributed by atoms with Gasteiger partial charge in [0.1, 0.15) is 0 Å². The molecule has 0 radical (unpaired) electrons. The second-order valence-electron chi connectivity index (χ2n) is 6.73. The van der Waals surface area contributed by atoms with Crippen LogP contribution in [0.15, 0.2) is 0 Å². The average molecular weight is 252 g/mol. The smallest absolute Gasteiger partial charge is 0.0303 e. The molecule has 0 aromatic rings. The van der Waals surface area contributed by atoms with Crippen LogP contribution >= 0.6 is 0 Å². The van der Waals surface area contributed by atoms with Crippen LogP contribution in [0, 0.1) is 5.41 Å². The Morgan fingerprint density at radius 2 is 1.83 bits per heavy atom. The fourth-order valence-electron chi connectivity index (χ4n) is 3.75. The first-order chi connectivity index (χ1) is 8.67. The summed E-state index contributed by atoms with van der Waals surface area (Å²) in [5, 5.41) is 3.82. The number of hydrogen-bond donors (Lipinski definition) is 1. The molecule has 2 fully saturated rings. The van der Waals surface area contributed by atoms with Gasteiger partial charge < -0.3 is 10.2 Å². The molecule has 1 heterocycles. The molecule has 1 saturated heterocycles. The Morgan fingerprint density at radius 1 is 1.11 bits per heavy atom. The standard InChI is InChI=1S/C16H32N2/c1-4-8-15(9-10-15)13-18-12-7-11-17-16(5-2,6-3)14-18/h17H,4-14H2,1-3H3. The molecule has 0 unspecified atom stereocenters. The van der Waals surface area contributed by atoms with Crippen LogP contribution in [-0.2, 0) is 0 Å². The van der Waals surface area contributed by atoms with Crippen LogP contribution in [0.5, 0.6) is 0 Å². The molecule has 0 bridgehead atoms. The van der Waals surface area contributed by atoms with Crippen molar-refractivity contribution in [1.29, 1.82) is 0 Å². The normalized spacial score (nSPS) is 26.8. The van der Waals surface area contributed by atoms with Gasteiger partial charge in [0.25, 0.3) is 0 Å². The van der Waals surface area contributed by atoms with Crippen LogP contribution in [0.1, 0.15) is 65.7 Å². The lowest BCUT2D eigenvalue weighted by Crippen LogP contribution is -2.51. The summed E-state index contributed by atoms with van der Waals surface area (Å²) in [5.74, 6) is 0. The van der Waals surface area contributed by atoms with E-state index in [0.717, 1.165) is 0 Å². The second kappa shape index (κ2) is 5.92. The molecule has 2 rings (SSSR count). The van der Waals surface area contributed by atoms with Gasteiger partial charge in [-0.1, -0.05) is 27.2 Å². The van der Waals surface area contributed by atoms with Gasteiger partial charge in [-0.05, 0) is 57.0 Å². The first-order valence-corrected chi connectivity index (χ1v) is 8.15. The maximum absolute atomic E-state index is 3.82. The summed E-state index contributed by atoms with van der Waals surface area (Å²) in [6.45, 7) is 12.2. The van der Waals surface area contributed by atoms with Crippen LogP contribution in [0.2, 0.25) is 0 Å². The minimum absolute atomic E-state index is 0.388. The van der Waals surface area contributed by atoms with E-state index in [0.29, 0.717) is 11.0 Å². The molecule has 1 N–H and O–H groups in total. The summed E-state index contributed by atoms with van der Waals surface area (Å²) in [5.41, 5.74) is 1.10. The van der Waals surface area contributed by atoms with Crippen molar-refractivity contribution >= 4 is 0 Å². The zero-order valence-electron chi connectivity index (χ0n) is 12.7. The molecular weight excluding hydrogens is 220 g/mol. The molecular formula is C16H32N2. The molecule has 106 valence electrons. The molecule has 2 aliphatic rings. The number of rotatable bonds is 6. The molecule has 0 spiro atoms. The van der Waals surface area contributed by atoms with E-state index < -0.39 is 0 Å². The van der Waals surface area contributed by atoms with E-state index in [2.05, 4.69) is 31.0 Å². The van der Waals surface area contributed by atoms with Crippen LogP contribution in [0.4, 0.5) is 0 Å². The highest BCUT2D eigenvalue weighted by Gasteiger charge is 2.43. The van der Waals surface area contributed by atoms with E-state index in [-0.39, 0.29) is 0 Å². The van der Waals surface area contributed by atoms with E-state index in [4.69, 9.17) is 0 Å². The van der Waals surface area contributed by atoms with Crippen molar-refractivity contribution in [3.8, 4) is 0 Å². The summed E-state index contributed by atoms with van der Waals surface area (Å²) in [6, 6.07) is 0. The molecule has 0 aromatic heterocycles. The average Bonchev–Trinajstić information content (AvgIpc) is 3.15. The van der Waals surface area contributed by atoms with E-state index in [1.165, 1.54) is 71.1 Å². The lowest BCUT2D eigenvalue weighted by molar-refractivity contribution is 0.163. The third-order valence-electron chi connectivity index (χ3n) is 5.33. The molecule has 1 saturated carbocycles. The molecule has 1 aliphatic heterocycles. The van der Waals surface area contributed by atoms with Gasteiger partial charge in [-0.25, -0.2) is 0 Å². The van der Waals surface area contributed by atoms with Gasteiger partial charge in [0, 0.05) is 18.6 Å². The Morgan fingerprint density at radius 3 is 2.39 bits per heavy atom. The molecule has 2 nitrogen and oxygen atoms in total. The Kier molecular flexibility index (Phi) is 4.71. The maximum Gasteiger partial charge on any atom is 0.0303 e. The number of hydrogen-bond acceptors (Lipinski definition) is 2. The van der Waals surface area contributed by atoms with Crippen molar-refractivity contribution in [2.45, 2.75) is 71.3 Å². The van der Waals surface area contributed by atoms with Crippen LogP contribution in [0.25, 0.3) is 0 Å². The van der Waals surface area contributed by atoms with Gasteiger partial charge in [0.2, 0.25) is 0 Å². The maximum atomic E-state index is 3.82. The van der Waals surface area contributed by atoms with Gasteiger partial charge >= 0.3 is 0 Å². The third-order valence-corrected chi connectivity index (χ3v) is 5.33. The SMILES string of the molecule is CCCC1(CN2CCCNC(CC)(CC)C2)CC1. The first-order valence-electron chi connectivity index (χ1n) is 8.15. The van der Waals surface area contributed by atoms with Gasteiger partial charge in [0.05, 0.1) is 0 Å². The fourth-order valence-corrected chi connectivity index (χ4v) is 3.75. The predicted octanol–water partition coefficient (Wildman–Crippen LogP) is 3.42. The molecule has 18 heavy (non-hydrogen) atoms. The Bertz CT molecular complexity index is 254. The second-order valence-corrected chi connectivity index (χ2v) is 6.73. The molecule has 0 aromatic carbocycles. The van der Waals surface area contributed by atoms with Crippen LogP contribution in [0.3, 0.4) is 0 Å². The van der Waals surface area contributed by atoms with Crippen molar-refractivity contribution in [3.05, 3.63) is 0 Å². The Hall–Kier alpha value is -0.0800. The minimum atomic E-state index is 0.388. The fraction of sp³-hybridized carbons (Fsp3) is 1.00. The Balaban J connectivity index is 1.95. The largest absolute Gasteiger partial charge is 0.310 e. The van der Waals surface area contributed by atoms with Crippen molar-refractivity contribution < 1.29 is 0 Å².